The van der Waals surface area contributed by atoms with Crippen LogP contribution >= 0.6 is 23.2 Å². The van der Waals surface area contributed by atoms with Gasteiger partial charge in [0, 0.05) is 18.5 Å². The van der Waals surface area contributed by atoms with Gasteiger partial charge < -0.3 is 14.6 Å². The highest BCUT2D eigenvalue weighted by molar-refractivity contribution is 6.42. The number of hydrogen-bond donors (Lipinski definition) is 1. The van der Waals surface area contributed by atoms with Gasteiger partial charge in [0.15, 0.2) is 11.9 Å². The molecule has 0 aliphatic rings. The highest BCUT2D eigenvalue weighted by Gasteiger charge is 2.17. The van der Waals surface area contributed by atoms with Gasteiger partial charge in [-0.3, -0.25) is 0 Å². The summed E-state index contributed by atoms with van der Waals surface area (Å²) in [4.78, 5) is 4.33. The molecule has 5 nitrogen and oxygen atoms in total. The summed E-state index contributed by atoms with van der Waals surface area (Å²) in [5.41, 5.74) is 0. The molecule has 0 saturated carbocycles. The minimum Gasteiger partial charge on any atom is -0.481 e. The quantitative estimate of drug-likeness (QED) is 0.876. The Balaban J connectivity index is 2.02. The highest BCUT2D eigenvalue weighted by Crippen LogP contribution is 2.28. The molecule has 7 heteroatoms. The molecule has 21 heavy (non-hydrogen) atoms. The molecule has 1 aromatic carbocycles. The van der Waals surface area contributed by atoms with E-state index in [1.165, 1.54) is 0 Å². The van der Waals surface area contributed by atoms with Crippen LogP contribution in [-0.2, 0) is 6.42 Å². The fourth-order valence-electron chi connectivity index (χ4n) is 1.70. The van der Waals surface area contributed by atoms with Crippen LogP contribution in [0.3, 0.4) is 0 Å². The van der Waals surface area contributed by atoms with Gasteiger partial charge in [-0.1, -0.05) is 28.4 Å². The molecule has 0 aliphatic heterocycles. The lowest BCUT2D eigenvalue weighted by Crippen LogP contribution is -2.24. The van der Waals surface area contributed by atoms with Crippen molar-refractivity contribution in [2.24, 2.45) is 0 Å². The molecule has 2 unspecified atom stereocenters. The van der Waals surface area contributed by atoms with E-state index in [1.54, 1.807) is 18.2 Å². The molecule has 2 aromatic rings. The SMILES string of the molecule is CNC(C)Cc1noc(C(C)Oc2ccc(Cl)c(Cl)c2)n1. The van der Waals surface area contributed by atoms with Gasteiger partial charge in [-0.05, 0) is 33.0 Å². The summed E-state index contributed by atoms with van der Waals surface area (Å²) < 4.78 is 11.0. The molecule has 2 rings (SSSR count). The van der Waals surface area contributed by atoms with Gasteiger partial charge in [0.05, 0.1) is 10.0 Å². The monoisotopic (exact) mass is 329 g/mol. The van der Waals surface area contributed by atoms with E-state index in [2.05, 4.69) is 15.5 Å². The predicted octanol–water partition coefficient (Wildman–Crippen LogP) is 3.67. The van der Waals surface area contributed by atoms with Crippen molar-refractivity contribution in [3.63, 3.8) is 0 Å². The van der Waals surface area contributed by atoms with Gasteiger partial charge in [-0.15, -0.1) is 0 Å². The molecule has 1 heterocycles. The van der Waals surface area contributed by atoms with Gasteiger partial charge in [0.25, 0.3) is 5.89 Å². The minimum atomic E-state index is -0.367. The Bertz CT molecular complexity index is 604. The molecule has 114 valence electrons. The Kier molecular flexibility index (Phi) is 5.45. The number of benzene rings is 1. The number of halogens is 2. The van der Waals surface area contributed by atoms with Gasteiger partial charge in [0.2, 0.25) is 0 Å². The number of hydrogen-bond acceptors (Lipinski definition) is 5. The van der Waals surface area contributed by atoms with Crippen molar-refractivity contribution in [1.29, 1.82) is 0 Å². The highest BCUT2D eigenvalue weighted by atomic mass is 35.5. The van der Waals surface area contributed by atoms with E-state index in [4.69, 9.17) is 32.5 Å². The summed E-state index contributed by atoms with van der Waals surface area (Å²) in [7, 11) is 1.89. The van der Waals surface area contributed by atoms with Crippen molar-refractivity contribution in [1.82, 2.24) is 15.5 Å². The Morgan fingerprint density at radius 3 is 2.71 bits per heavy atom. The number of nitrogens with one attached hydrogen (secondary N) is 1. The van der Waals surface area contributed by atoms with Crippen molar-refractivity contribution < 1.29 is 9.26 Å². The summed E-state index contributed by atoms with van der Waals surface area (Å²) in [6, 6.07) is 5.35. The first-order valence-corrected chi connectivity index (χ1v) is 7.36. The van der Waals surface area contributed by atoms with E-state index >= 15 is 0 Å². The average Bonchev–Trinajstić information content (AvgIpc) is 2.91. The molecule has 0 fully saturated rings. The van der Waals surface area contributed by atoms with Gasteiger partial charge in [-0.25, -0.2) is 0 Å². The van der Waals surface area contributed by atoms with E-state index in [0.29, 0.717) is 33.9 Å². The molecule has 2 atom stereocenters. The van der Waals surface area contributed by atoms with Crippen molar-refractivity contribution >= 4 is 23.2 Å². The first-order chi connectivity index (χ1) is 9.99. The largest absolute Gasteiger partial charge is 0.481 e. The molecular weight excluding hydrogens is 313 g/mol. The predicted molar refractivity (Wildman–Crippen MR) is 82.0 cm³/mol. The van der Waals surface area contributed by atoms with Crippen LogP contribution in [0, 0.1) is 0 Å². The maximum absolute atomic E-state index is 5.95. The van der Waals surface area contributed by atoms with Crippen LogP contribution in [0.5, 0.6) is 5.75 Å². The lowest BCUT2D eigenvalue weighted by atomic mass is 10.2. The van der Waals surface area contributed by atoms with Crippen molar-refractivity contribution in [2.45, 2.75) is 32.4 Å². The molecular formula is C14H17Cl2N3O2. The van der Waals surface area contributed by atoms with E-state index in [-0.39, 0.29) is 12.1 Å². The van der Waals surface area contributed by atoms with Crippen LogP contribution in [0.2, 0.25) is 10.0 Å². The van der Waals surface area contributed by atoms with Crippen LogP contribution in [0.1, 0.15) is 31.7 Å². The smallest absolute Gasteiger partial charge is 0.267 e. The van der Waals surface area contributed by atoms with Crippen molar-refractivity contribution in [2.75, 3.05) is 7.05 Å². The third-order valence-electron chi connectivity index (χ3n) is 3.02. The zero-order valence-electron chi connectivity index (χ0n) is 12.1. The summed E-state index contributed by atoms with van der Waals surface area (Å²) in [5, 5.41) is 7.99. The second-order valence-electron chi connectivity index (χ2n) is 4.78. The standard InChI is InChI=1S/C14H17Cl2N3O2/c1-8(17-3)6-13-18-14(21-19-13)9(2)20-10-4-5-11(15)12(16)7-10/h4-5,7-9,17H,6H2,1-3H3. The van der Waals surface area contributed by atoms with Gasteiger partial charge in [0.1, 0.15) is 5.75 Å². The molecule has 1 aromatic heterocycles. The van der Waals surface area contributed by atoms with Crippen LogP contribution in [-0.4, -0.2) is 23.2 Å². The van der Waals surface area contributed by atoms with E-state index in [0.717, 1.165) is 0 Å². The molecule has 0 saturated heterocycles. The minimum absolute atomic E-state index is 0.279. The average molecular weight is 330 g/mol. The number of ether oxygens (including phenoxy) is 1. The number of aromatic nitrogens is 2. The summed E-state index contributed by atoms with van der Waals surface area (Å²) >= 11 is 11.8. The maximum atomic E-state index is 5.95. The molecule has 1 N–H and O–H groups in total. The first-order valence-electron chi connectivity index (χ1n) is 6.61. The molecule has 0 radical (unpaired) electrons. The topological polar surface area (TPSA) is 60.2 Å². The number of likely N-dealkylation sites (N-methyl/N-ethyl adjacent to an activating group) is 1. The Morgan fingerprint density at radius 1 is 1.29 bits per heavy atom. The van der Waals surface area contributed by atoms with Crippen molar-refractivity contribution in [3.05, 3.63) is 40.0 Å². The summed E-state index contributed by atoms with van der Waals surface area (Å²) in [6.07, 6.45) is 0.327. The first kappa shape index (κ1) is 16.1. The van der Waals surface area contributed by atoms with Crippen molar-refractivity contribution in [3.8, 4) is 5.75 Å². The second kappa shape index (κ2) is 7.11. The molecule has 0 aliphatic carbocycles. The van der Waals surface area contributed by atoms with E-state index in [9.17, 15) is 0 Å². The summed E-state index contributed by atoms with van der Waals surface area (Å²) in [6.45, 7) is 3.88. The number of rotatable bonds is 6. The third kappa shape index (κ3) is 4.33. The zero-order chi connectivity index (χ0) is 15.4. The number of nitrogens with zero attached hydrogens (tertiary/aromatic N) is 2. The summed E-state index contributed by atoms with van der Waals surface area (Å²) in [5.74, 6) is 1.68. The zero-order valence-corrected chi connectivity index (χ0v) is 13.6. The Hall–Kier alpha value is -1.30. The Labute approximate surface area is 133 Å². The maximum Gasteiger partial charge on any atom is 0.267 e. The fourth-order valence-corrected chi connectivity index (χ4v) is 1.98. The third-order valence-corrected chi connectivity index (χ3v) is 3.76. The van der Waals surface area contributed by atoms with Gasteiger partial charge >= 0.3 is 0 Å². The molecule has 0 amide bonds. The molecule has 0 spiro atoms. The van der Waals surface area contributed by atoms with Crippen LogP contribution < -0.4 is 10.1 Å². The van der Waals surface area contributed by atoms with E-state index in [1.807, 2.05) is 20.9 Å². The van der Waals surface area contributed by atoms with Crippen LogP contribution in [0.4, 0.5) is 0 Å². The van der Waals surface area contributed by atoms with Crippen LogP contribution in [0.15, 0.2) is 22.7 Å². The Morgan fingerprint density at radius 2 is 2.05 bits per heavy atom. The molecule has 0 bridgehead atoms. The van der Waals surface area contributed by atoms with Gasteiger partial charge in [-0.2, -0.15) is 4.98 Å². The fraction of sp³-hybridized carbons (Fsp3) is 0.429. The normalized spacial score (nSPS) is 14.0. The lowest BCUT2D eigenvalue weighted by molar-refractivity contribution is 0.175. The van der Waals surface area contributed by atoms with E-state index < -0.39 is 0 Å². The lowest BCUT2D eigenvalue weighted by Gasteiger charge is -2.11. The second-order valence-corrected chi connectivity index (χ2v) is 5.59. The van der Waals surface area contributed by atoms with Crippen LogP contribution in [0.25, 0.3) is 0 Å².